The van der Waals surface area contributed by atoms with Crippen molar-refractivity contribution in [3.05, 3.63) is 18.2 Å². The number of ether oxygens (including phenoxy) is 1. The highest BCUT2D eigenvalue weighted by Gasteiger charge is 2.70. The lowest BCUT2D eigenvalue weighted by Crippen LogP contribution is -2.79. The molecule has 0 saturated heterocycles. The van der Waals surface area contributed by atoms with Crippen molar-refractivity contribution in [2.45, 2.75) is 76.7 Å². The molecule has 0 aliphatic heterocycles. The SMILES string of the molecule is CC(C)C(O)c1nccn1C12CC(NC(=O)OC(C)(C)C)(C1)C2. The first kappa shape index (κ1) is 16.3. The van der Waals surface area contributed by atoms with Gasteiger partial charge in [-0.25, -0.2) is 9.78 Å². The Morgan fingerprint density at radius 2 is 2.00 bits per heavy atom. The van der Waals surface area contributed by atoms with Gasteiger partial charge in [0.2, 0.25) is 0 Å². The Kier molecular flexibility index (Phi) is 3.52. The van der Waals surface area contributed by atoms with Gasteiger partial charge in [0.05, 0.1) is 11.1 Å². The minimum atomic E-state index is -0.561. The fourth-order valence-corrected chi connectivity index (χ4v) is 3.88. The molecule has 3 aliphatic carbocycles. The van der Waals surface area contributed by atoms with Crippen LogP contribution in [0.1, 0.15) is 65.8 Å². The van der Waals surface area contributed by atoms with E-state index in [-0.39, 0.29) is 23.1 Å². The maximum atomic E-state index is 12.0. The third-order valence-electron chi connectivity index (χ3n) is 4.84. The van der Waals surface area contributed by atoms with Crippen LogP contribution in [0.2, 0.25) is 0 Å². The van der Waals surface area contributed by atoms with E-state index in [9.17, 15) is 9.90 Å². The van der Waals surface area contributed by atoms with Gasteiger partial charge in [-0.3, -0.25) is 0 Å². The molecular weight excluding hydrogens is 294 g/mol. The summed E-state index contributed by atoms with van der Waals surface area (Å²) in [5, 5.41) is 13.3. The molecule has 6 heteroatoms. The highest BCUT2D eigenvalue weighted by Crippen LogP contribution is 2.65. The molecule has 2 N–H and O–H groups in total. The maximum Gasteiger partial charge on any atom is 0.408 e. The summed E-state index contributed by atoms with van der Waals surface area (Å²) in [6, 6.07) is 0. The topological polar surface area (TPSA) is 76.4 Å². The normalized spacial score (nSPS) is 30.4. The number of rotatable bonds is 4. The number of carbonyl (C=O) groups excluding carboxylic acids is 1. The smallest absolute Gasteiger partial charge is 0.408 e. The molecule has 1 unspecified atom stereocenters. The molecule has 128 valence electrons. The van der Waals surface area contributed by atoms with Crippen molar-refractivity contribution in [3.63, 3.8) is 0 Å². The highest BCUT2D eigenvalue weighted by atomic mass is 16.6. The summed E-state index contributed by atoms with van der Waals surface area (Å²) in [5.74, 6) is 0.850. The Morgan fingerprint density at radius 1 is 1.39 bits per heavy atom. The van der Waals surface area contributed by atoms with Crippen LogP contribution >= 0.6 is 0 Å². The lowest BCUT2D eigenvalue weighted by molar-refractivity contribution is -0.140. The van der Waals surface area contributed by atoms with E-state index in [1.165, 1.54) is 0 Å². The van der Waals surface area contributed by atoms with Crippen LogP contribution in [0.15, 0.2) is 12.4 Å². The van der Waals surface area contributed by atoms with Crippen LogP contribution in [-0.2, 0) is 10.3 Å². The lowest BCUT2D eigenvalue weighted by atomic mass is 9.44. The zero-order valence-corrected chi connectivity index (χ0v) is 14.6. The first-order chi connectivity index (χ1) is 10.6. The van der Waals surface area contributed by atoms with E-state index in [0.717, 1.165) is 25.1 Å². The standard InChI is InChI=1S/C17H27N3O3/c1-11(2)12(21)13-18-6-7-20(13)17-8-16(9-17,10-17)19-14(22)23-15(3,4)5/h6-7,11-12,21H,8-10H2,1-5H3,(H,19,22). The molecule has 0 radical (unpaired) electrons. The van der Waals surface area contributed by atoms with Gasteiger partial charge in [-0.05, 0) is 46.0 Å². The van der Waals surface area contributed by atoms with Gasteiger partial charge in [-0.15, -0.1) is 0 Å². The molecule has 23 heavy (non-hydrogen) atoms. The first-order valence-corrected chi connectivity index (χ1v) is 8.29. The number of nitrogens with one attached hydrogen (secondary N) is 1. The third kappa shape index (κ3) is 2.73. The van der Waals surface area contributed by atoms with Crippen molar-refractivity contribution in [1.82, 2.24) is 14.9 Å². The van der Waals surface area contributed by atoms with Crippen LogP contribution in [0.5, 0.6) is 0 Å². The van der Waals surface area contributed by atoms with Crippen molar-refractivity contribution in [3.8, 4) is 0 Å². The molecule has 2 bridgehead atoms. The van der Waals surface area contributed by atoms with Crippen molar-refractivity contribution in [2.24, 2.45) is 5.92 Å². The van der Waals surface area contributed by atoms with E-state index in [1.807, 2.05) is 40.8 Å². The van der Waals surface area contributed by atoms with E-state index in [4.69, 9.17) is 4.74 Å². The summed E-state index contributed by atoms with van der Waals surface area (Å²) < 4.78 is 7.45. The number of aromatic nitrogens is 2. The second kappa shape index (κ2) is 4.97. The zero-order chi connectivity index (χ0) is 17.0. The Balaban J connectivity index is 1.64. The second-order valence-electron chi connectivity index (χ2n) is 8.51. The number of alkyl carbamates (subject to hydrolysis) is 1. The van der Waals surface area contributed by atoms with Crippen molar-refractivity contribution in [1.29, 1.82) is 0 Å². The van der Waals surface area contributed by atoms with Gasteiger partial charge in [-0.1, -0.05) is 13.8 Å². The molecule has 1 amide bonds. The van der Waals surface area contributed by atoms with Gasteiger partial charge < -0.3 is 19.7 Å². The average Bonchev–Trinajstić information content (AvgIpc) is 2.77. The number of hydrogen-bond acceptors (Lipinski definition) is 4. The van der Waals surface area contributed by atoms with Crippen LogP contribution in [0.25, 0.3) is 0 Å². The molecule has 1 aromatic heterocycles. The molecule has 1 aromatic rings. The summed E-state index contributed by atoms with van der Waals surface area (Å²) in [7, 11) is 0. The number of amides is 1. The van der Waals surface area contributed by atoms with E-state index >= 15 is 0 Å². The number of aliphatic hydroxyl groups is 1. The maximum absolute atomic E-state index is 12.0. The van der Waals surface area contributed by atoms with E-state index < -0.39 is 11.7 Å². The predicted molar refractivity (Wildman–Crippen MR) is 86.0 cm³/mol. The number of nitrogens with zero attached hydrogens (tertiary/aromatic N) is 2. The Bertz CT molecular complexity index is 595. The molecule has 3 saturated carbocycles. The van der Waals surface area contributed by atoms with Gasteiger partial charge in [0.15, 0.2) is 0 Å². The summed E-state index contributed by atoms with van der Waals surface area (Å²) in [6.45, 7) is 9.55. The largest absolute Gasteiger partial charge is 0.444 e. The van der Waals surface area contributed by atoms with E-state index in [2.05, 4.69) is 14.9 Å². The van der Waals surface area contributed by atoms with Gasteiger partial charge >= 0.3 is 6.09 Å². The van der Waals surface area contributed by atoms with Gasteiger partial charge in [0.1, 0.15) is 17.5 Å². The molecular formula is C17H27N3O3. The molecule has 1 atom stereocenters. The monoisotopic (exact) mass is 321 g/mol. The Morgan fingerprint density at radius 3 is 2.52 bits per heavy atom. The quantitative estimate of drug-likeness (QED) is 0.894. The van der Waals surface area contributed by atoms with Crippen molar-refractivity contribution >= 4 is 6.09 Å². The summed E-state index contributed by atoms with van der Waals surface area (Å²) in [4.78, 5) is 16.3. The van der Waals surface area contributed by atoms with Gasteiger partial charge in [0, 0.05) is 12.4 Å². The van der Waals surface area contributed by atoms with Crippen molar-refractivity contribution in [2.75, 3.05) is 0 Å². The average molecular weight is 321 g/mol. The Labute approximate surface area is 137 Å². The fraction of sp³-hybridized carbons (Fsp3) is 0.765. The Hall–Kier alpha value is -1.56. The lowest BCUT2D eigenvalue weighted by Gasteiger charge is -2.70. The summed E-state index contributed by atoms with van der Waals surface area (Å²) in [6.07, 6.45) is 5.38. The van der Waals surface area contributed by atoms with Crippen LogP contribution in [0, 0.1) is 5.92 Å². The fourth-order valence-electron chi connectivity index (χ4n) is 3.88. The van der Waals surface area contributed by atoms with E-state index in [0.29, 0.717) is 0 Å². The van der Waals surface area contributed by atoms with Crippen LogP contribution in [0.3, 0.4) is 0 Å². The van der Waals surface area contributed by atoms with Crippen LogP contribution < -0.4 is 5.32 Å². The number of aliphatic hydroxyl groups excluding tert-OH is 1. The minimum Gasteiger partial charge on any atom is -0.444 e. The van der Waals surface area contributed by atoms with Crippen LogP contribution in [0.4, 0.5) is 4.79 Å². The molecule has 0 spiro atoms. The highest BCUT2D eigenvalue weighted by molar-refractivity contribution is 5.70. The molecule has 1 heterocycles. The van der Waals surface area contributed by atoms with Crippen molar-refractivity contribution < 1.29 is 14.6 Å². The third-order valence-corrected chi connectivity index (χ3v) is 4.84. The number of carbonyl (C=O) groups is 1. The minimum absolute atomic E-state index is 0.00326. The second-order valence-corrected chi connectivity index (χ2v) is 8.51. The van der Waals surface area contributed by atoms with E-state index in [1.54, 1.807) is 6.20 Å². The molecule has 4 rings (SSSR count). The molecule has 3 aliphatic rings. The number of hydrogen-bond donors (Lipinski definition) is 2. The molecule has 0 aromatic carbocycles. The molecule has 3 fully saturated rings. The first-order valence-electron chi connectivity index (χ1n) is 8.29. The summed E-state index contributed by atoms with van der Waals surface area (Å²) >= 11 is 0. The molecule has 6 nitrogen and oxygen atoms in total. The van der Waals surface area contributed by atoms with Gasteiger partial charge in [-0.2, -0.15) is 0 Å². The predicted octanol–water partition coefficient (Wildman–Crippen LogP) is 2.73. The zero-order valence-electron chi connectivity index (χ0n) is 14.6. The summed E-state index contributed by atoms with van der Waals surface area (Å²) in [5.41, 5.74) is -0.631. The van der Waals surface area contributed by atoms with Gasteiger partial charge in [0.25, 0.3) is 0 Å². The number of imidazole rings is 1. The van der Waals surface area contributed by atoms with Crippen LogP contribution in [-0.4, -0.2) is 31.9 Å².